The maximum absolute atomic E-state index is 10.0. The quantitative estimate of drug-likeness (QED) is 0.380. The molecule has 0 saturated carbocycles. The zero-order valence-corrected chi connectivity index (χ0v) is 4.06. The largest absolute Gasteiger partial charge is 0.376 e. The highest BCUT2D eigenvalue weighted by atomic mass is 16.3. The van der Waals surface area contributed by atoms with Gasteiger partial charge < -0.3 is 15.7 Å². The summed E-state index contributed by atoms with van der Waals surface area (Å²) in [6.45, 7) is -0.320. The van der Waals surface area contributed by atoms with E-state index in [1.807, 2.05) is 0 Å². The molecule has 3 N–H and O–H groups in total. The van der Waals surface area contributed by atoms with Gasteiger partial charge in [-0.3, -0.25) is 0 Å². The van der Waals surface area contributed by atoms with Gasteiger partial charge >= 0.3 is 6.03 Å². The van der Waals surface area contributed by atoms with Crippen molar-refractivity contribution in [2.45, 2.75) is 0 Å². The van der Waals surface area contributed by atoms with E-state index in [1.165, 1.54) is 7.05 Å². The van der Waals surface area contributed by atoms with E-state index < -0.39 is 0 Å². The summed E-state index contributed by atoms with van der Waals surface area (Å²) in [6, 6.07) is -0.373. The van der Waals surface area contributed by atoms with Crippen molar-refractivity contribution in [1.82, 2.24) is 10.6 Å². The Bertz CT molecular complexity index is 68.3. The fourth-order valence-corrected chi connectivity index (χ4v) is 0.160. The van der Waals surface area contributed by atoms with Crippen molar-refractivity contribution >= 4 is 6.03 Å². The molecule has 0 radical (unpaired) electrons. The van der Waals surface area contributed by atoms with Crippen molar-refractivity contribution in [3.63, 3.8) is 0 Å². The van der Waals surface area contributed by atoms with Crippen LogP contribution in [0.4, 0.5) is 4.79 Å². The Labute approximate surface area is 43.0 Å². The molecule has 0 aromatic rings. The predicted molar refractivity (Wildman–Crippen MR) is 26.8 cm³/mol. The van der Waals surface area contributed by atoms with Gasteiger partial charge in [0.1, 0.15) is 6.73 Å². The van der Waals surface area contributed by atoms with Gasteiger partial charge in [0.15, 0.2) is 0 Å². The Kier molecular flexibility index (Phi) is 3.04. The first-order valence-corrected chi connectivity index (χ1v) is 1.87. The van der Waals surface area contributed by atoms with Crippen LogP contribution in [0.1, 0.15) is 1.43 Å². The minimum Gasteiger partial charge on any atom is -0.376 e. The lowest BCUT2D eigenvalue weighted by Crippen LogP contribution is -2.33. The molecule has 0 aromatic carbocycles. The van der Waals surface area contributed by atoms with Crippen molar-refractivity contribution in [2.75, 3.05) is 13.8 Å². The van der Waals surface area contributed by atoms with Crippen LogP contribution in [-0.2, 0) is 0 Å². The molecule has 0 aliphatic heterocycles. The van der Waals surface area contributed by atoms with Crippen LogP contribution in [-0.4, -0.2) is 24.9 Å². The zero-order valence-electron chi connectivity index (χ0n) is 4.06. The molecule has 0 saturated heterocycles. The van der Waals surface area contributed by atoms with Crippen molar-refractivity contribution < 1.29 is 11.3 Å². The average Bonchev–Trinajstić information content (AvgIpc) is 1.68. The van der Waals surface area contributed by atoms with E-state index in [2.05, 4.69) is 10.6 Å². The highest BCUT2D eigenvalue weighted by Crippen LogP contribution is 1.53. The van der Waals surface area contributed by atoms with Crippen molar-refractivity contribution in [1.29, 1.82) is 0 Å². The molecule has 0 rings (SSSR count). The third kappa shape index (κ3) is 3.05. The Balaban J connectivity index is 0. The van der Waals surface area contributed by atoms with Gasteiger partial charge in [0.2, 0.25) is 0 Å². The van der Waals surface area contributed by atoms with E-state index in [4.69, 9.17) is 5.11 Å². The van der Waals surface area contributed by atoms with Crippen LogP contribution in [0, 0.1) is 0 Å². The monoisotopic (exact) mass is 106 g/mol. The van der Waals surface area contributed by atoms with E-state index in [9.17, 15) is 4.79 Å². The second-order valence-corrected chi connectivity index (χ2v) is 0.914. The Hall–Kier alpha value is -0.770. The summed E-state index contributed by atoms with van der Waals surface area (Å²) < 4.78 is 0. The number of urea groups is 1. The van der Waals surface area contributed by atoms with Gasteiger partial charge in [0.25, 0.3) is 0 Å². The van der Waals surface area contributed by atoms with Crippen LogP contribution < -0.4 is 10.6 Å². The second-order valence-electron chi connectivity index (χ2n) is 0.914. The first-order valence-electron chi connectivity index (χ1n) is 1.87. The van der Waals surface area contributed by atoms with Gasteiger partial charge in [-0.25, -0.2) is 4.79 Å². The number of aliphatic hydroxyl groups is 1. The van der Waals surface area contributed by atoms with E-state index in [-0.39, 0.29) is 14.2 Å². The number of aliphatic hydroxyl groups excluding tert-OH is 1. The molecule has 7 heavy (non-hydrogen) atoms. The summed E-state index contributed by atoms with van der Waals surface area (Å²) >= 11 is 0. The van der Waals surface area contributed by atoms with Crippen LogP contribution in [0.5, 0.6) is 0 Å². The lowest BCUT2D eigenvalue weighted by Gasteiger charge is -1.95. The number of nitrogens with one attached hydrogen (secondary N) is 2. The van der Waals surface area contributed by atoms with Crippen LogP contribution in [0.25, 0.3) is 0 Å². The van der Waals surface area contributed by atoms with Crippen LogP contribution in [0.3, 0.4) is 0 Å². The van der Waals surface area contributed by atoms with E-state index in [0.717, 1.165) is 0 Å². The molecule has 0 atom stereocenters. The SMILES string of the molecule is CNC(=O)NCO.[HH]. The zero-order chi connectivity index (χ0) is 5.70. The molecule has 4 nitrogen and oxygen atoms in total. The molecule has 0 unspecified atom stereocenters. The Morgan fingerprint density at radius 1 is 2.00 bits per heavy atom. The molecule has 0 fully saturated rings. The van der Waals surface area contributed by atoms with Gasteiger partial charge in [-0.05, 0) is 0 Å². The molecule has 2 amide bonds. The molecule has 0 bridgehead atoms. The number of rotatable bonds is 1. The van der Waals surface area contributed by atoms with Crippen LogP contribution in [0.2, 0.25) is 0 Å². The summed E-state index contributed by atoms with van der Waals surface area (Å²) in [4.78, 5) is 10.0. The predicted octanol–water partition coefficient (Wildman–Crippen LogP) is -0.889. The summed E-state index contributed by atoms with van der Waals surface area (Å²) in [5, 5.41) is 12.4. The average molecular weight is 106 g/mol. The first-order chi connectivity index (χ1) is 3.31. The van der Waals surface area contributed by atoms with Crippen molar-refractivity contribution in [3.8, 4) is 0 Å². The minimum absolute atomic E-state index is 0. The highest BCUT2D eigenvalue weighted by Gasteiger charge is 1.87. The van der Waals surface area contributed by atoms with E-state index >= 15 is 0 Å². The second kappa shape index (κ2) is 3.42. The maximum Gasteiger partial charge on any atom is 0.316 e. The van der Waals surface area contributed by atoms with Gasteiger partial charge in [-0.2, -0.15) is 0 Å². The van der Waals surface area contributed by atoms with Gasteiger partial charge in [0, 0.05) is 8.47 Å². The summed E-state index contributed by atoms with van der Waals surface area (Å²) in [6.07, 6.45) is 0. The molecule has 44 valence electrons. The normalized spacial score (nSPS) is 7.71. The van der Waals surface area contributed by atoms with Gasteiger partial charge in [-0.1, -0.05) is 0 Å². The summed E-state index contributed by atoms with van der Waals surface area (Å²) in [5.74, 6) is 0. The van der Waals surface area contributed by atoms with Crippen molar-refractivity contribution in [2.24, 2.45) is 0 Å². The first kappa shape index (κ1) is 6.23. The molecular formula is C3H10N2O2. The standard InChI is InChI=1S/C3H8N2O2.H2/c1-4-3(7)5-2-6;/h6H,2H2,1H3,(H2,4,5,7);1H. The lowest BCUT2D eigenvalue weighted by atomic mass is 10.9. The molecule has 0 aliphatic carbocycles. The number of hydrogen-bond acceptors (Lipinski definition) is 2. The molecule has 0 aromatic heterocycles. The topological polar surface area (TPSA) is 61.4 Å². The Morgan fingerprint density at radius 2 is 2.57 bits per heavy atom. The molecular weight excluding hydrogens is 96.0 g/mol. The van der Waals surface area contributed by atoms with E-state index in [0.29, 0.717) is 0 Å². The third-order valence-electron chi connectivity index (χ3n) is 0.467. The number of hydrogen-bond donors (Lipinski definition) is 3. The molecule has 0 aliphatic rings. The number of amides is 2. The number of carbonyl (C=O) groups is 1. The smallest absolute Gasteiger partial charge is 0.316 e. The van der Waals surface area contributed by atoms with Gasteiger partial charge in [-0.15, -0.1) is 0 Å². The fraction of sp³-hybridized carbons (Fsp3) is 0.667. The van der Waals surface area contributed by atoms with Crippen LogP contribution in [0.15, 0.2) is 0 Å². The van der Waals surface area contributed by atoms with Crippen molar-refractivity contribution in [3.05, 3.63) is 0 Å². The van der Waals surface area contributed by atoms with Gasteiger partial charge in [0.05, 0.1) is 0 Å². The summed E-state index contributed by atoms with van der Waals surface area (Å²) in [5.41, 5.74) is 0. The summed E-state index contributed by atoms with van der Waals surface area (Å²) in [7, 11) is 1.48. The molecule has 4 heteroatoms. The van der Waals surface area contributed by atoms with E-state index in [1.54, 1.807) is 0 Å². The Morgan fingerprint density at radius 3 is 2.71 bits per heavy atom. The fourth-order valence-electron chi connectivity index (χ4n) is 0.160. The van der Waals surface area contributed by atoms with Crippen LogP contribution >= 0.6 is 0 Å². The minimum atomic E-state index is -0.373. The molecule has 0 spiro atoms. The number of carbonyl (C=O) groups excluding carboxylic acids is 1. The highest BCUT2D eigenvalue weighted by molar-refractivity contribution is 5.73. The lowest BCUT2D eigenvalue weighted by molar-refractivity contribution is 0.219. The maximum atomic E-state index is 10.0. The molecule has 0 heterocycles. The third-order valence-corrected chi connectivity index (χ3v) is 0.467.